The van der Waals surface area contributed by atoms with Crippen LogP contribution in [0.3, 0.4) is 0 Å². The highest BCUT2D eigenvalue weighted by Gasteiger charge is 2.23. The van der Waals surface area contributed by atoms with Crippen LogP contribution in [0.1, 0.15) is 40.6 Å². The molecule has 1 aliphatic heterocycles. The van der Waals surface area contributed by atoms with Crippen molar-refractivity contribution >= 4 is 22.8 Å². The minimum Gasteiger partial charge on any atom is -0.307 e. The Bertz CT molecular complexity index is 995. The number of fused-ring (bicyclic) bond motifs is 1. The van der Waals surface area contributed by atoms with Crippen LogP contribution in [0.4, 0.5) is 5.82 Å². The van der Waals surface area contributed by atoms with Crippen LogP contribution in [0.15, 0.2) is 18.3 Å². The first-order chi connectivity index (χ1) is 12.9. The van der Waals surface area contributed by atoms with Crippen LogP contribution in [-0.2, 0) is 7.05 Å². The Morgan fingerprint density at radius 3 is 2.70 bits per heavy atom. The zero-order chi connectivity index (χ0) is 19.1. The number of carbonyl (C=O) groups is 1. The molecule has 1 amide bonds. The lowest BCUT2D eigenvalue weighted by molar-refractivity contribution is 0.102. The maximum Gasteiger partial charge on any atom is 0.257 e. The number of hydrogen-bond donors (Lipinski definition) is 1. The molecule has 1 fully saturated rings. The smallest absolute Gasteiger partial charge is 0.257 e. The van der Waals surface area contributed by atoms with Crippen molar-refractivity contribution in [2.75, 3.05) is 25.5 Å². The number of anilines is 1. The van der Waals surface area contributed by atoms with E-state index < -0.39 is 0 Å². The maximum atomic E-state index is 13.1. The Hall–Kier alpha value is -2.74. The Morgan fingerprint density at radius 1 is 1.22 bits per heavy atom. The molecule has 1 aliphatic rings. The molecule has 8 heteroatoms. The number of nitrogens with zero attached hydrogens (tertiary/aromatic N) is 6. The first kappa shape index (κ1) is 17.7. The van der Waals surface area contributed by atoms with Gasteiger partial charge in [-0.1, -0.05) is 0 Å². The van der Waals surface area contributed by atoms with Gasteiger partial charge in [0.1, 0.15) is 5.82 Å². The number of aromatic nitrogens is 5. The summed E-state index contributed by atoms with van der Waals surface area (Å²) in [5.41, 5.74) is 2.91. The van der Waals surface area contributed by atoms with Gasteiger partial charge < -0.3 is 10.2 Å². The maximum absolute atomic E-state index is 13.1. The molecule has 3 aromatic rings. The van der Waals surface area contributed by atoms with E-state index >= 15 is 0 Å². The second-order valence-corrected chi connectivity index (χ2v) is 7.37. The van der Waals surface area contributed by atoms with E-state index in [-0.39, 0.29) is 5.91 Å². The average Bonchev–Trinajstić information content (AvgIpc) is 3.20. The van der Waals surface area contributed by atoms with E-state index in [1.807, 2.05) is 37.7 Å². The molecule has 8 nitrogen and oxygen atoms in total. The summed E-state index contributed by atoms with van der Waals surface area (Å²) in [7, 11) is 3.98. The van der Waals surface area contributed by atoms with Gasteiger partial charge in [0.2, 0.25) is 0 Å². The zero-order valence-electron chi connectivity index (χ0n) is 16.2. The molecule has 0 aromatic carbocycles. The van der Waals surface area contributed by atoms with E-state index in [0.717, 1.165) is 54.2 Å². The molecule has 0 bridgehead atoms. The van der Waals surface area contributed by atoms with Crippen molar-refractivity contribution in [3.8, 4) is 0 Å². The lowest BCUT2D eigenvalue weighted by Gasteiger charge is -2.30. The van der Waals surface area contributed by atoms with Crippen molar-refractivity contribution < 1.29 is 4.79 Å². The fourth-order valence-corrected chi connectivity index (χ4v) is 3.88. The van der Waals surface area contributed by atoms with Gasteiger partial charge >= 0.3 is 0 Å². The van der Waals surface area contributed by atoms with Gasteiger partial charge in [0.25, 0.3) is 5.91 Å². The van der Waals surface area contributed by atoms with Crippen LogP contribution in [0.5, 0.6) is 0 Å². The van der Waals surface area contributed by atoms with Gasteiger partial charge in [-0.25, -0.2) is 9.67 Å². The minimum absolute atomic E-state index is 0.156. The second kappa shape index (κ2) is 6.77. The van der Waals surface area contributed by atoms with Crippen molar-refractivity contribution in [2.24, 2.45) is 7.05 Å². The van der Waals surface area contributed by atoms with E-state index in [9.17, 15) is 4.79 Å². The van der Waals surface area contributed by atoms with E-state index in [1.54, 1.807) is 10.9 Å². The van der Waals surface area contributed by atoms with Crippen LogP contribution >= 0.6 is 0 Å². The molecule has 0 spiro atoms. The van der Waals surface area contributed by atoms with Gasteiger partial charge in [0, 0.05) is 18.8 Å². The summed E-state index contributed by atoms with van der Waals surface area (Å²) < 4.78 is 3.67. The molecule has 0 aliphatic carbocycles. The van der Waals surface area contributed by atoms with Crippen LogP contribution < -0.4 is 5.32 Å². The van der Waals surface area contributed by atoms with E-state index in [4.69, 9.17) is 0 Å². The number of pyridine rings is 1. The predicted octanol–water partition coefficient (Wildman–Crippen LogP) is 2.30. The lowest BCUT2D eigenvalue weighted by atomic mass is 10.1. The van der Waals surface area contributed by atoms with Crippen molar-refractivity contribution in [2.45, 2.75) is 32.7 Å². The Morgan fingerprint density at radius 2 is 1.96 bits per heavy atom. The van der Waals surface area contributed by atoms with Crippen molar-refractivity contribution in [1.29, 1.82) is 0 Å². The number of hydrogen-bond acceptors (Lipinski definition) is 5. The highest BCUT2D eigenvalue weighted by molar-refractivity contribution is 6.12. The summed E-state index contributed by atoms with van der Waals surface area (Å²) in [5.74, 6) is 0.579. The van der Waals surface area contributed by atoms with Gasteiger partial charge in [-0.3, -0.25) is 9.48 Å². The summed E-state index contributed by atoms with van der Waals surface area (Å²) in [5, 5.41) is 12.7. The van der Waals surface area contributed by atoms with E-state index in [0.29, 0.717) is 11.6 Å². The van der Waals surface area contributed by atoms with Gasteiger partial charge in [-0.15, -0.1) is 0 Å². The third-order valence-electron chi connectivity index (χ3n) is 5.29. The van der Waals surface area contributed by atoms with Crippen molar-refractivity contribution in [3.63, 3.8) is 0 Å². The molecule has 0 atom stereocenters. The normalized spacial score (nSPS) is 16.1. The monoisotopic (exact) mass is 367 g/mol. The SMILES string of the molecule is Cc1cc(C(=O)Nc2ccnn2C2CCN(C)CC2)c2c(C)nn(C)c2n1. The fourth-order valence-electron chi connectivity index (χ4n) is 3.88. The number of likely N-dealkylation sites (tertiary alicyclic amines) is 1. The molecular formula is C19H25N7O. The molecule has 3 aromatic heterocycles. The summed E-state index contributed by atoms with van der Waals surface area (Å²) in [6.07, 6.45) is 3.80. The summed E-state index contributed by atoms with van der Waals surface area (Å²) in [6, 6.07) is 3.99. The molecule has 0 unspecified atom stereocenters. The van der Waals surface area contributed by atoms with Crippen LogP contribution in [0.25, 0.3) is 11.0 Å². The van der Waals surface area contributed by atoms with Crippen molar-refractivity contribution in [1.82, 2.24) is 29.4 Å². The topological polar surface area (TPSA) is 80.9 Å². The van der Waals surface area contributed by atoms with Crippen LogP contribution in [0.2, 0.25) is 0 Å². The highest BCUT2D eigenvalue weighted by Crippen LogP contribution is 2.26. The fraction of sp³-hybridized carbons (Fsp3) is 0.474. The number of nitrogens with one attached hydrogen (secondary N) is 1. The molecule has 1 N–H and O–H groups in total. The standard InChI is InChI=1S/C19H25N7O/c1-12-11-15(17-13(2)23-25(4)18(17)21-12)19(27)22-16-5-8-20-26(16)14-6-9-24(3)10-7-14/h5,8,11,14H,6-7,9-10H2,1-4H3,(H,22,27). The number of amides is 1. The van der Waals surface area contributed by atoms with E-state index in [1.165, 1.54) is 0 Å². The molecule has 1 saturated heterocycles. The minimum atomic E-state index is -0.156. The quantitative estimate of drug-likeness (QED) is 0.768. The second-order valence-electron chi connectivity index (χ2n) is 7.37. The average molecular weight is 367 g/mol. The summed E-state index contributed by atoms with van der Waals surface area (Å²) in [6.45, 7) is 5.87. The van der Waals surface area contributed by atoms with Gasteiger partial charge in [-0.2, -0.15) is 10.2 Å². The molecule has 0 saturated carbocycles. The molecular weight excluding hydrogens is 342 g/mol. The van der Waals surface area contributed by atoms with Gasteiger partial charge in [0.15, 0.2) is 5.65 Å². The number of rotatable bonds is 3. The summed E-state index contributed by atoms with van der Waals surface area (Å²) >= 11 is 0. The Balaban J connectivity index is 1.65. The van der Waals surface area contributed by atoms with Crippen molar-refractivity contribution in [3.05, 3.63) is 35.3 Å². The predicted molar refractivity (Wildman–Crippen MR) is 104 cm³/mol. The first-order valence-corrected chi connectivity index (χ1v) is 9.28. The van der Waals surface area contributed by atoms with E-state index in [2.05, 4.69) is 32.4 Å². The molecule has 4 rings (SSSR count). The Kier molecular flexibility index (Phi) is 4.43. The molecule has 27 heavy (non-hydrogen) atoms. The van der Waals surface area contributed by atoms with Gasteiger partial charge in [0.05, 0.1) is 28.9 Å². The third-order valence-corrected chi connectivity index (χ3v) is 5.29. The largest absolute Gasteiger partial charge is 0.307 e. The lowest BCUT2D eigenvalue weighted by Crippen LogP contribution is -2.32. The number of carbonyl (C=O) groups excluding carboxylic acids is 1. The number of piperidine rings is 1. The third kappa shape index (κ3) is 3.21. The van der Waals surface area contributed by atoms with Crippen LogP contribution in [-0.4, -0.2) is 55.5 Å². The molecule has 0 radical (unpaired) electrons. The molecule has 142 valence electrons. The summed E-state index contributed by atoms with van der Waals surface area (Å²) in [4.78, 5) is 20.0. The Labute approximate surface area is 158 Å². The van der Waals surface area contributed by atoms with Gasteiger partial charge in [-0.05, 0) is 52.9 Å². The molecule has 4 heterocycles. The first-order valence-electron chi connectivity index (χ1n) is 9.28. The zero-order valence-corrected chi connectivity index (χ0v) is 16.2. The number of aryl methyl sites for hydroxylation is 3. The van der Waals surface area contributed by atoms with Crippen LogP contribution in [0, 0.1) is 13.8 Å². The highest BCUT2D eigenvalue weighted by atomic mass is 16.1.